The van der Waals surface area contributed by atoms with E-state index in [0.717, 1.165) is 58.6 Å². The molecule has 0 aliphatic heterocycles. The average molecular weight is 497 g/mol. The number of fused-ring (bicyclic) bond motifs is 1. The Morgan fingerprint density at radius 1 is 1.11 bits per heavy atom. The van der Waals surface area contributed by atoms with Gasteiger partial charge in [0.15, 0.2) is 0 Å². The van der Waals surface area contributed by atoms with Crippen molar-refractivity contribution >= 4 is 34.2 Å². The number of hydrogen-bond acceptors (Lipinski definition) is 5. The van der Waals surface area contributed by atoms with Crippen LogP contribution in [0.2, 0.25) is 5.02 Å². The molecule has 0 radical (unpaired) electrons. The van der Waals surface area contributed by atoms with E-state index in [4.69, 9.17) is 11.6 Å². The topological polar surface area (TPSA) is 77.1 Å². The molecule has 188 valence electrons. The lowest BCUT2D eigenvalue weighted by molar-refractivity contribution is 0.0950. The molecule has 7 nitrogen and oxygen atoms in total. The van der Waals surface area contributed by atoms with Crippen molar-refractivity contribution in [2.45, 2.75) is 72.0 Å². The normalized spacial score (nSPS) is 18.3. The van der Waals surface area contributed by atoms with E-state index in [1.54, 1.807) is 12.4 Å². The van der Waals surface area contributed by atoms with Crippen LogP contribution in [0, 0.1) is 20.8 Å². The molecular weight excluding hydrogens is 460 g/mol. The molecule has 1 amide bonds. The van der Waals surface area contributed by atoms with Crippen LogP contribution in [0.15, 0.2) is 18.5 Å². The first-order valence-electron chi connectivity index (χ1n) is 12.5. The summed E-state index contributed by atoms with van der Waals surface area (Å²) in [5, 5.41) is 3.68. The van der Waals surface area contributed by atoms with Crippen molar-refractivity contribution in [1.82, 2.24) is 25.2 Å². The molecular formula is C27H37ClN6O. The maximum atomic E-state index is 13.4. The third-order valence-electron chi connectivity index (χ3n) is 7.56. The summed E-state index contributed by atoms with van der Waals surface area (Å²) >= 11 is 6.56. The van der Waals surface area contributed by atoms with Crippen LogP contribution in [0.1, 0.15) is 65.5 Å². The largest absolute Gasteiger partial charge is 0.369 e. The highest BCUT2D eigenvalue weighted by atomic mass is 35.5. The summed E-state index contributed by atoms with van der Waals surface area (Å²) in [6, 6.07) is 4.89. The van der Waals surface area contributed by atoms with Gasteiger partial charge < -0.3 is 20.1 Å². The Kier molecular flexibility index (Phi) is 7.67. The first-order chi connectivity index (χ1) is 16.7. The van der Waals surface area contributed by atoms with Crippen LogP contribution in [0.5, 0.6) is 0 Å². The van der Waals surface area contributed by atoms with Crippen LogP contribution >= 0.6 is 11.6 Å². The maximum Gasteiger partial charge on any atom is 0.251 e. The monoisotopic (exact) mass is 496 g/mol. The van der Waals surface area contributed by atoms with Gasteiger partial charge >= 0.3 is 0 Å². The van der Waals surface area contributed by atoms with Crippen molar-refractivity contribution in [2.75, 3.05) is 25.5 Å². The number of carbonyl (C=O) groups excluding carboxylic acids is 1. The highest BCUT2D eigenvalue weighted by molar-refractivity contribution is 6.31. The predicted octanol–water partition coefficient (Wildman–Crippen LogP) is 5.17. The second-order valence-corrected chi connectivity index (χ2v) is 10.3. The Labute approximate surface area is 213 Å². The van der Waals surface area contributed by atoms with Crippen LogP contribution in [0.4, 0.5) is 5.69 Å². The van der Waals surface area contributed by atoms with E-state index in [-0.39, 0.29) is 5.91 Å². The van der Waals surface area contributed by atoms with Crippen molar-refractivity contribution < 1.29 is 4.79 Å². The van der Waals surface area contributed by atoms with Gasteiger partial charge in [-0.15, -0.1) is 0 Å². The molecule has 8 heteroatoms. The Morgan fingerprint density at radius 2 is 1.80 bits per heavy atom. The number of benzene rings is 1. The number of pyridine rings is 1. The van der Waals surface area contributed by atoms with E-state index in [9.17, 15) is 4.79 Å². The number of rotatable bonds is 7. The van der Waals surface area contributed by atoms with Crippen molar-refractivity contribution in [3.05, 3.63) is 51.6 Å². The van der Waals surface area contributed by atoms with E-state index in [1.807, 2.05) is 26.8 Å². The molecule has 2 aromatic heterocycles. The fourth-order valence-electron chi connectivity index (χ4n) is 5.54. The Morgan fingerprint density at radius 3 is 2.46 bits per heavy atom. The molecule has 1 fully saturated rings. The summed E-state index contributed by atoms with van der Waals surface area (Å²) in [7, 11) is 4.33. The highest BCUT2D eigenvalue weighted by Crippen LogP contribution is 2.34. The van der Waals surface area contributed by atoms with Crippen LogP contribution < -0.4 is 10.2 Å². The van der Waals surface area contributed by atoms with Gasteiger partial charge in [-0.3, -0.25) is 9.78 Å². The van der Waals surface area contributed by atoms with E-state index in [1.165, 1.54) is 12.8 Å². The fourth-order valence-corrected chi connectivity index (χ4v) is 5.75. The number of halogens is 1. The standard InChI is InChI=1S/C27H37ClN6O/c1-7-34(21-10-8-20(9-11-21)33(5)6)24-13-19(28)12-22(16(24)2)27(35)29-14-23-17(3)32-18(4)25-26(23)31-15-30-25/h12-13,15,20-21H,7-11,14H2,1-6H3,(H,29,35)(H,30,31)/t20-,21-. The fraction of sp³-hybridized carbons (Fsp3) is 0.519. The van der Waals surface area contributed by atoms with Gasteiger partial charge in [-0.25, -0.2) is 4.98 Å². The smallest absolute Gasteiger partial charge is 0.251 e. The van der Waals surface area contributed by atoms with Crippen molar-refractivity contribution in [3.8, 4) is 0 Å². The number of aromatic nitrogens is 3. The number of amides is 1. The molecule has 1 aliphatic rings. The molecule has 3 aromatic rings. The number of carbonyl (C=O) groups is 1. The SMILES string of the molecule is CCN(c1cc(Cl)cc(C(=O)NCc2c(C)nc(C)c3nc[nH]c23)c1C)[C@H]1CC[C@H](N(C)C)CC1. The molecule has 0 spiro atoms. The summed E-state index contributed by atoms with van der Waals surface area (Å²) in [6.07, 6.45) is 6.33. The van der Waals surface area contributed by atoms with E-state index in [2.05, 4.69) is 51.1 Å². The molecule has 0 atom stereocenters. The molecule has 35 heavy (non-hydrogen) atoms. The summed E-state index contributed by atoms with van der Waals surface area (Å²) in [5.74, 6) is -0.133. The lowest BCUT2D eigenvalue weighted by Gasteiger charge is -2.40. The van der Waals surface area contributed by atoms with Crippen molar-refractivity contribution in [3.63, 3.8) is 0 Å². The molecule has 2 heterocycles. The average Bonchev–Trinajstić information content (AvgIpc) is 3.32. The Bertz CT molecular complexity index is 1210. The maximum absolute atomic E-state index is 13.4. The van der Waals surface area contributed by atoms with Gasteiger partial charge in [0.2, 0.25) is 0 Å². The molecule has 1 aliphatic carbocycles. The number of hydrogen-bond donors (Lipinski definition) is 2. The zero-order chi connectivity index (χ0) is 25.3. The minimum atomic E-state index is -0.133. The third-order valence-corrected chi connectivity index (χ3v) is 7.78. The lowest BCUT2D eigenvalue weighted by Crippen LogP contribution is -2.42. The van der Waals surface area contributed by atoms with Gasteiger partial charge in [-0.2, -0.15) is 0 Å². The summed E-state index contributed by atoms with van der Waals surface area (Å²) in [5.41, 5.74) is 7.11. The number of H-pyrrole nitrogens is 1. The Balaban J connectivity index is 1.56. The molecule has 4 rings (SSSR count). The number of imidazole rings is 1. The van der Waals surface area contributed by atoms with E-state index < -0.39 is 0 Å². The zero-order valence-electron chi connectivity index (χ0n) is 21.7. The summed E-state index contributed by atoms with van der Waals surface area (Å²) in [6.45, 7) is 9.36. The number of anilines is 1. The number of aryl methyl sites for hydroxylation is 2. The molecule has 1 aromatic carbocycles. The predicted molar refractivity (Wildman–Crippen MR) is 143 cm³/mol. The van der Waals surface area contributed by atoms with Gasteiger partial charge in [-0.1, -0.05) is 11.6 Å². The zero-order valence-corrected chi connectivity index (χ0v) is 22.5. The van der Waals surface area contributed by atoms with Gasteiger partial charge in [0, 0.05) is 52.7 Å². The number of aromatic amines is 1. The lowest BCUT2D eigenvalue weighted by atomic mass is 9.89. The van der Waals surface area contributed by atoms with Gasteiger partial charge in [-0.05, 0) is 85.2 Å². The first kappa shape index (κ1) is 25.5. The Hall–Kier alpha value is -2.64. The highest BCUT2D eigenvalue weighted by Gasteiger charge is 2.28. The number of nitrogens with one attached hydrogen (secondary N) is 2. The first-order valence-corrected chi connectivity index (χ1v) is 12.9. The second-order valence-electron chi connectivity index (χ2n) is 9.88. The van der Waals surface area contributed by atoms with Crippen LogP contribution in [-0.4, -0.2) is 58.5 Å². The van der Waals surface area contributed by atoms with Gasteiger partial charge in [0.05, 0.1) is 17.5 Å². The molecule has 1 saturated carbocycles. The van der Waals surface area contributed by atoms with Gasteiger partial charge in [0.1, 0.15) is 5.52 Å². The van der Waals surface area contributed by atoms with Crippen LogP contribution in [0.25, 0.3) is 11.0 Å². The summed E-state index contributed by atoms with van der Waals surface area (Å²) in [4.78, 5) is 30.3. The molecule has 0 bridgehead atoms. The second kappa shape index (κ2) is 10.5. The molecule has 2 N–H and O–H groups in total. The molecule has 0 saturated heterocycles. The summed E-state index contributed by atoms with van der Waals surface area (Å²) < 4.78 is 0. The van der Waals surface area contributed by atoms with Crippen molar-refractivity contribution in [1.29, 1.82) is 0 Å². The number of nitrogens with zero attached hydrogens (tertiary/aromatic N) is 4. The van der Waals surface area contributed by atoms with Crippen LogP contribution in [0.3, 0.4) is 0 Å². The third kappa shape index (κ3) is 5.16. The molecule has 0 unspecified atom stereocenters. The quantitative estimate of drug-likeness (QED) is 0.472. The van der Waals surface area contributed by atoms with Crippen molar-refractivity contribution in [2.24, 2.45) is 0 Å². The van der Waals surface area contributed by atoms with E-state index in [0.29, 0.717) is 29.2 Å². The minimum absolute atomic E-state index is 0.133. The van der Waals surface area contributed by atoms with Crippen LogP contribution in [-0.2, 0) is 6.54 Å². The van der Waals surface area contributed by atoms with E-state index >= 15 is 0 Å². The van der Waals surface area contributed by atoms with Gasteiger partial charge in [0.25, 0.3) is 5.91 Å². The minimum Gasteiger partial charge on any atom is -0.369 e.